The van der Waals surface area contributed by atoms with Crippen LogP contribution in [-0.2, 0) is 9.53 Å². The van der Waals surface area contributed by atoms with Crippen molar-refractivity contribution < 1.29 is 18.3 Å². The number of amides is 1. The first-order valence-corrected chi connectivity index (χ1v) is 9.98. The maximum atomic E-state index is 14.7. The third-order valence-electron chi connectivity index (χ3n) is 5.68. The predicted molar refractivity (Wildman–Crippen MR) is 114 cm³/mol. The molecule has 1 fully saturated rings. The molecule has 2 aliphatic rings. The molecule has 5 rings (SSSR count). The Bertz CT molecular complexity index is 1220. The van der Waals surface area contributed by atoms with Crippen molar-refractivity contribution in [1.82, 2.24) is 4.98 Å². The van der Waals surface area contributed by atoms with E-state index < -0.39 is 11.6 Å². The van der Waals surface area contributed by atoms with Crippen LogP contribution < -0.4 is 11.1 Å². The zero-order valence-corrected chi connectivity index (χ0v) is 16.4. The molecule has 31 heavy (non-hydrogen) atoms. The highest BCUT2D eigenvalue weighted by Crippen LogP contribution is 2.44. The fraction of sp³-hybridized carbons (Fsp3) is 0.167. The molecule has 3 N–H and O–H groups in total. The number of halogens is 2. The first kappa shape index (κ1) is 19.4. The average molecular weight is 419 g/mol. The summed E-state index contributed by atoms with van der Waals surface area (Å²) in [6.07, 6.45) is 2.68. The smallest absolute Gasteiger partial charge is 0.254 e. The normalized spacial score (nSPS) is 19.7. The quantitative estimate of drug-likeness (QED) is 0.650. The van der Waals surface area contributed by atoms with Crippen molar-refractivity contribution in [1.29, 1.82) is 0 Å². The van der Waals surface area contributed by atoms with Crippen LogP contribution in [0.2, 0.25) is 0 Å². The van der Waals surface area contributed by atoms with E-state index in [1.807, 2.05) is 0 Å². The van der Waals surface area contributed by atoms with Gasteiger partial charge in [0.15, 0.2) is 0 Å². The number of hydrogen-bond donors (Lipinski definition) is 2. The van der Waals surface area contributed by atoms with Crippen LogP contribution in [0.1, 0.15) is 18.4 Å². The lowest BCUT2D eigenvalue weighted by Gasteiger charge is -2.17. The molecule has 156 valence electrons. The van der Waals surface area contributed by atoms with E-state index in [4.69, 9.17) is 10.5 Å². The number of pyridine rings is 1. The van der Waals surface area contributed by atoms with Crippen molar-refractivity contribution in [3.63, 3.8) is 0 Å². The molecule has 7 heteroatoms. The summed E-state index contributed by atoms with van der Waals surface area (Å²) >= 11 is 0. The third-order valence-corrected chi connectivity index (χ3v) is 5.68. The average Bonchev–Trinajstić information content (AvgIpc) is 3.36. The summed E-state index contributed by atoms with van der Waals surface area (Å²) in [5.74, 6) is -1.12. The first-order valence-electron chi connectivity index (χ1n) is 9.98. The van der Waals surface area contributed by atoms with Gasteiger partial charge >= 0.3 is 0 Å². The summed E-state index contributed by atoms with van der Waals surface area (Å²) in [5.41, 5.74) is 8.52. The predicted octanol–water partition coefficient (Wildman–Crippen LogP) is 4.56. The SMILES string of the molecule is Nc1cc(C2=C(C(=O)Nc3ccc(-c4ccccc4F)c(F)c3)C3CCC2O3)ccn1. The molecule has 0 radical (unpaired) electrons. The number of ether oxygens (including phenoxy) is 1. The minimum Gasteiger partial charge on any atom is -0.384 e. The van der Waals surface area contributed by atoms with Crippen LogP contribution in [0.15, 0.2) is 66.4 Å². The molecular weight excluding hydrogens is 400 g/mol. The van der Waals surface area contributed by atoms with Crippen LogP contribution in [0.4, 0.5) is 20.3 Å². The Kier molecular flexibility index (Phi) is 4.75. The molecule has 2 aliphatic heterocycles. The molecule has 0 spiro atoms. The van der Waals surface area contributed by atoms with Crippen molar-refractivity contribution in [2.45, 2.75) is 25.0 Å². The molecule has 5 nitrogen and oxygen atoms in total. The van der Waals surface area contributed by atoms with Gasteiger partial charge in [-0.05, 0) is 60.4 Å². The number of anilines is 2. The van der Waals surface area contributed by atoms with Gasteiger partial charge in [-0.3, -0.25) is 4.79 Å². The summed E-state index contributed by atoms with van der Waals surface area (Å²) in [6, 6.07) is 13.7. The molecular formula is C24H19F2N3O2. The Hall–Kier alpha value is -3.58. The Balaban J connectivity index is 1.46. The maximum absolute atomic E-state index is 14.7. The minimum absolute atomic E-state index is 0.131. The number of nitrogens with one attached hydrogen (secondary N) is 1. The van der Waals surface area contributed by atoms with E-state index in [9.17, 15) is 13.6 Å². The molecule has 2 unspecified atom stereocenters. The number of carbonyl (C=O) groups excluding carboxylic acids is 1. The number of aromatic nitrogens is 1. The molecule has 1 aromatic heterocycles. The Morgan fingerprint density at radius 1 is 1.00 bits per heavy atom. The molecule has 3 aromatic rings. The highest BCUT2D eigenvalue weighted by atomic mass is 19.1. The van der Waals surface area contributed by atoms with Crippen molar-refractivity contribution in [2.75, 3.05) is 11.1 Å². The second kappa shape index (κ2) is 7.59. The molecule has 2 aromatic carbocycles. The second-order valence-corrected chi connectivity index (χ2v) is 7.62. The molecule has 0 saturated carbocycles. The van der Waals surface area contributed by atoms with Crippen LogP contribution in [0, 0.1) is 11.6 Å². The van der Waals surface area contributed by atoms with E-state index in [-0.39, 0.29) is 34.9 Å². The number of benzene rings is 2. The van der Waals surface area contributed by atoms with E-state index in [1.54, 1.807) is 36.5 Å². The summed E-state index contributed by atoms with van der Waals surface area (Å²) in [4.78, 5) is 17.1. The van der Waals surface area contributed by atoms with Crippen molar-refractivity contribution in [2.24, 2.45) is 0 Å². The van der Waals surface area contributed by atoms with Gasteiger partial charge in [0.25, 0.3) is 5.91 Å². The second-order valence-electron chi connectivity index (χ2n) is 7.62. The number of nitrogens with zero attached hydrogens (tertiary/aromatic N) is 1. The third kappa shape index (κ3) is 3.47. The molecule has 1 amide bonds. The standard InChI is InChI=1S/C24H19F2N3O2/c25-17-4-2-1-3-15(17)16-6-5-14(12-18(16)26)29-24(30)23-20-8-7-19(31-20)22(23)13-9-10-28-21(27)11-13/h1-6,9-12,19-20H,7-8H2,(H2,27,28)(H,29,30). The van der Waals surface area contributed by atoms with E-state index in [0.717, 1.165) is 24.0 Å². The molecule has 2 bridgehead atoms. The van der Waals surface area contributed by atoms with E-state index in [2.05, 4.69) is 10.3 Å². The maximum Gasteiger partial charge on any atom is 0.254 e. The lowest BCUT2D eigenvalue weighted by Crippen LogP contribution is -2.23. The summed E-state index contributed by atoms with van der Waals surface area (Å²) in [7, 11) is 0. The van der Waals surface area contributed by atoms with Gasteiger partial charge in [0.2, 0.25) is 0 Å². The number of rotatable bonds is 4. The van der Waals surface area contributed by atoms with Crippen molar-refractivity contribution in [3.05, 3.63) is 83.6 Å². The van der Waals surface area contributed by atoms with Gasteiger partial charge in [0.05, 0.1) is 17.8 Å². The number of carbonyl (C=O) groups is 1. The fourth-order valence-corrected chi connectivity index (χ4v) is 4.32. The summed E-state index contributed by atoms with van der Waals surface area (Å²) < 4.78 is 34.7. The zero-order valence-electron chi connectivity index (χ0n) is 16.4. The number of hydrogen-bond acceptors (Lipinski definition) is 4. The van der Waals surface area contributed by atoms with Crippen LogP contribution in [0.3, 0.4) is 0 Å². The van der Waals surface area contributed by atoms with Crippen LogP contribution in [-0.4, -0.2) is 23.1 Å². The van der Waals surface area contributed by atoms with Gasteiger partial charge in [-0.1, -0.05) is 18.2 Å². The molecule has 1 saturated heterocycles. The Labute approximate surface area is 177 Å². The van der Waals surface area contributed by atoms with Crippen LogP contribution in [0.25, 0.3) is 16.7 Å². The van der Waals surface area contributed by atoms with Gasteiger partial charge in [-0.15, -0.1) is 0 Å². The summed E-state index contributed by atoms with van der Waals surface area (Å²) in [6.45, 7) is 0. The highest BCUT2D eigenvalue weighted by Gasteiger charge is 2.43. The monoisotopic (exact) mass is 419 g/mol. The van der Waals surface area contributed by atoms with E-state index in [1.165, 1.54) is 24.3 Å². The van der Waals surface area contributed by atoms with Gasteiger partial charge in [0, 0.05) is 23.0 Å². The van der Waals surface area contributed by atoms with Crippen LogP contribution >= 0.6 is 0 Å². The van der Waals surface area contributed by atoms with Gasteiger partial charge < -0.3 is 15.8 Å². The minimum atomic E-state index is -0.622. The topological polar surface area (TPSA) is 77.2 Å². The molecule has 3 heterocycles. The van der Waals surface area contributed by atoms with Crippen molar-refractivity contribution in [3.8, 4) is 11.1 Å². The lowest BCUT2D eigenvalue weighted by atomic mass is 9.87. The van der Waals surface area contributed by atoms with Gasteiger partial charge in [-0.2, -0.15) is 0 Å². The fourth-order valence-electron chi connectivity index (χ4n) is 4.32. The van der Waals surface area contributed by atoms with E-state index >= 15 is 0 Å². The Morgan fingerprint density at radius 3 is 2.55 bits per heavy atom. The molecule has 2 atom stereocenters. The molecule has 0 aliphatic carbocycles. The first-order chi connectivity index (χ1) is 15.0. The van der Waals surface area contributed by atoms with Gasteiger partial charge in [-0.25, -0.2) is 13.8 Å². The number of fused-ring (bicyclic) bond motifs is 2. The number of nitrogen functional groups attached to an aromatic ring is 1. The number of nitrogens with two attached hydrogens (primary N) is 1. The highest BCUT2D eigenvalue weighted by molar-refractivity contribution is 6.11. The zero-order chi connectivity index (χ0) is 21.5. The summed E-state index contributed by atoms with van der Waals surface area (Å²) in [5, 5.41) is 2.76. The largest absolute Gasteiger partial charge is 0.384 e. The lowest BCUT2D eigenvalue weighted by molar-refractivity contribution is -0.113. The van der Waals surface area contributed by atoms with Crippen molar-refractivity contribution >= 4 is 23.0 Å². The van der Waals surface area contributed by atoms with E-state index in [0.29, 0.717) is 11.4 Å². The van der Waals surface area contributed by atoms with Crippen LogP contribution in [0.5, 0.6) is 0 Å². The Morgan fingerprint density at radius 2 is 1.77 bits per heavy atom. The van der Waals surface area contributed by atoms with Gasteiger partial charge in [0.1, 0.15) is 17.5 Å².